The fourth-order valence-electron chi connectivity index (χ4n) is 4.54. The molecule has 9 heteroatoms. The lowest BCUT2D eigenvalue weighted by Crippen LogP contribution is -2.21. The molecular formula is C25H28N4O4S. The molecule has 178 valence electrons. The largest absolute Gasteiger partial charge is 0.396 e. The summed E-state index contributed by atoms with van der Waals surface area (Å²) < 4.78 is 25.4. The number of fused-ring (bicyclic) bond motifs is 2. The van der Waals surface area contributed by atoms with E-state index >= 15 is 0 Å². The zero-order valence-electron chi connectivity index (χ0n) is 19.3. The van der Waals surface area contributed by atoms with Crippen molar-refractivity contribution in [2.24, 2.45) is 0 Å². The zero-order valence-corrected chi connectivity index (χ0v) is 20.1. The van der Waals surface area contributed by atoms with Crippen LogP contribution in [0.15, 0.2) is 53.8 Å². The van der Waals surface area contributed by atoms with E-state index in [1.165, 1.54) is 0 Å². The molecule has 0 unspecified atom stereocenters. The van der Waals surface area contributed by atoms with Crippen LogP contribution in [0.25, 0.3) is 11.3 Å². The van der Waals surface area contributed by atoms with Crippen LogP contribution in [0, 0.1) is 0 Å². The predicted octanol–water partition coefficient (Wildman–Crippen LogP) is 3.11. The molecule has 0 radical (unpaired) electrons. The fourth-order valence-corrected chi connectivity index (χ4v) is 5.85. The summed E-state index contributed by atoms with van der Waals surface area (Å²) in [6.07, 6.45) is 7.39. The van der Waals surface area contributed by atoms with Gasteiger partial charge in [-0.25, -0.2) is 18.4 Å². The van der Waals surface area contributed by atoms with Crippen LogP contribution in [0.4, 0.5) is 11.6 Å². The third-order valence-electron chi connectivity index (χ3n) is 6.72. The monoisotopic (exact) mass is 480 g/mol. The number of sulfone groups is 1. The second-order valence-electron chi connectivity index (χ2n) is 9.70. The summed E-state index contributed by atoms with van der Waals surface area (Å²) >= 11 is 0. The van der Waals surface area contributed by atoms with E-state index in [2.05, 4.69) is 15.0 Å². The zero-order chi connectivity index (χ0) is 24.1. The van der Waals surface area contributed by atoms with Gasteiger partial charge in [-0.1, -0.05) is 6.07 Å². The number of nitrogens with zero attached hydrogens (tertiary/aromatic N) is 4. The Morgan fingerprint density at radius 2 is 1.82 bits per heavy atom. The van der Waals surface area contributed by atoms with Gasteiger partial charge in [-0.05, 0) is 68.5 Å². The van der Waals surface area contributed by atoms with E-state index in [1.807, 2.05) is 17.0 Å². The third kappa shape index (κ3) is 4.08. The summed E-state index contributed by atoms with van der Waals surface area (Å²) in [6.45, 7) is 4.01. The van der Waals surface area contributed by atoms with Crippen molar-refractivity contribution >= 4 is 21.5 Å². The van der Waals surface area contributed by atoms with E-state index in [0.29, 0.717) is 18.2 Å². The van der Waals surface area contributed by atoms with Crippen molar-refractivity contribution in [3.05, 3.63) is 60.0 Å². The van der Waals surface area contributed by atoms with E-state index in [-0.39, 0.29) is 29.1 Å². The normalized spacial score (nSPS) is 16.6. The van der Waals surface area contributed by atoms with E-state index in [9.17, 15) is 13.5 Å². The molecule has 0 atom stereocenters. The van der Waals surface area contributed by atoms with Crippen molar-refractivity contribution in [2.45, 2.75) is 49.0 Å². The van der Waals surface area contributed by atoms with Gasteiger partial charge in [0, 0.05) is 48.4 Å². The molecular weight excluding hydrogens is 452 g/mol. The molecule has 34 heavy (non-hydrogen) atoms. The van der Waals surface area contributed by atoms with Gasteiger partial charge in [0.2, 0.25) is 5.95 Å². The Labute approximate surface area is 199 Å². The molecule has 2 N–H and O–H groups in total. The minimum Gasteiger partial charge on any atom is -0.396 e. The summed E-state index contributed by atoms with van der Waals surface area (Å²) in [5, 5.41) is 19.4. The van der Waals surface area contributed by atoms with Crippen LogP contribution in [0.2, 0.25) is 0 Å². The van der Waals surface area contributed by atoms with Crippen LogP contribution in [-0.2, 0) is 20.9 Å². The Morgan fingerprint density at radius 3 is 2.47 bits per heavy atom. The first-order chi connectivity index (χ1) is 16.1. The predicted molar refractivity (Wildman–Crippen MR) is 129 cm³/mol. The molecule has 1 spiro atoms. The van der Waals surface area contributed by atoms with Gasteiger partial charge in [0.1, 0.15) is 0 Å². The highest BCUT2D eigenvalue weighted by Crippen LogP contribution is 2.58. The summed E-state index contributed by atoms with van der Waals surface area (Å²) in [6, 6.07) is 8.93. The number of aliphatic hydroxyl groups is 2. The Kier molecular flexibility index (Phi) is 5.46. The number of hydrogen-bond donors (Lipinski definition) is 2. The minimum absolute atomic E-state index is 0.0351. The van der Waals surface area contributed by atoms with Gasteiger partial charge < -0.3 is 15.1 Å². The fraction of sp³-hybridized carbons (Fsp3) is 0.400. The molecule has 2 aliphatic rings. The topological polar surface area (TPSA) is 117 Å². The van der Waals surface area contributed by atoms with Crippen molar-refractivity contribution in [3.8, 4) is 11.3 Å². The maximum absolute atomic E-state index is 12.7. The summed E-state index contributed by atoms with van der Waals surface area (Å²) in [5.74, 6) is 0.423. The standard InChI is InChI=1S/C25H28N4O4S/c1-24(2,31)18-6-9-26-21(12-18)17-14-27-23(28-15-17)29-16-25(7-8-25)20-5-4-19(13-22(20)29)34(32,33)11-3-10-30/h4-6,9,12-15,30-31H,3,7-8,10-11,16H2,1-2H3. The summed E-state index contributed by atoms with van der Waals surface area (Å²) in [5.41, 5.74) is 3.18. The third-order valence-corrected chi connectivity index (χ3v) is 8.52. The molecule has 0 amide bonds. The van der Waals surface area contributed by atoms with Gasteiger partial charge >= 0.3 is 0 Å². The van der Waals surface area contributed by atoms with Crippen molar-refractivity contribution in [1.29, 1.82) is 0 Å². The first-order valence-corrected chi connectivity index (χ1v) is 13.1. The van der Waals surface area contributed by atoms with Crippen LogP contribution in [0.3, 0.4) is 0 Å². The molecule has 1 aliphatic carbocycles. The van der Waals surface area contributed by atoms with Gasteiger partial charge in [0.05, 0.1) is 21.9 Å². The first kappa shape index (κ1) is 22.9. The molecule has 8 nitrogen and oxygen atoms in total. The smallest absolute Gasteiger partial charge is 0.229 e. The van der Waals surface area contributed by atoms with Crippen molar-refractivity contribution in [3.63, 3.8) is 0 Å². The van der Waals surface area contributed by atoms with Crippen molar-refractivity contribution in [2.75, 3.05) is 23.8 Å². The Balaban J connectivity index is 1.48. The number of rotatable bonds is 7. The van der Waals surface area contributed by atoms with Crippen LogP contribution in [0.1, 0.15) is 44.2 Å². The number of pyridine rings is 1. The molecule has 5 rings (SSSR count). The number of benzene rings is 1. The van der Waals surface area contributed by atoms with Crippen LogP contribution >= 0.6 is 0 Å². The van der Waals surface area contributed by atoms with Gasteiger partial charge in [-0.15, -0.1) is 0 Å². The SMILES string of the molecule is CC(C)(O)c1ccnc(-c2cnc(N3CC4(CC4)c4ccc(S(=O)(=O)CCCO)cc43)nc2)c1. The minimum atomic E-state index is -3.48. The number of aliphatic hydroxyl groups excluding tert-OH is 1. The highest BCUT2D eigenvalue weighted by atomic mass is 32.2. The molecule has 3 aromatic rings. The molecule has 1 fully saturated rings. The van der Waals surface area contributed by atoms with E-state index in [4.69, 9.17) is 5.11 Å². The first-order valence-electron chi connectivity index (χ1n) is 11.4. The second kappa shape index (κ2) is 8.11. The molecule has 1 aliphatic heterocycles. The quantitative estimate of drug-likeness (QED) is 0.530. The van der Waals surface area contributed by atoms with E-state index < -0.39 is 15.4 Å². The molecule has 1 aromatic carbocycles. The highest BCUT2D eigenvalue weighted by Gasteiger charge is 2.52. The molecule has 0 saturated heterocycles. The highest BCUT2D eigenvalue weighted by molar-refractivity contribution is 7.91. The van der Waals surface area contributed by atoms with Crippen LogP contribution in [0.5, 0.6) is 0 Å². The van der Waals surface area contributed by atoms with Crippen molar-refractivity contribution < 1.29 is 18.6 Å². The molecule has 0 bridgehead atoms. The number of anilines is 2. The Hall–Kier alpha value is -2.88. The maximum Gasteiger partial charge on any atom is 0.229 e. The lowest BCUT2D eigenvalue weighted by molar-refractivity contribution is 0.0785. The van der Waals surface area contributed by atoms with E-state index in [0.717, 1.165) is 35.2 Å². The number of hydrogen-bond acceptors (Lipinski definition) is 8. The lowest BCUT2D eigenvalue weighted by atomic mass is 9.98. The second-order valence-corrected chi connectivity index (χ2v) is 11.8. The van der Waals surface area contributed by atoms with Crippen LogP contribution < -0.4 is 4.90 Å². The van der Waals surface area contributed by atoms with Gasteiger partial charge in [-0.2, -0.15) is 0 Å². The molecule has 1 saturated carbocycles. The average Bonchev–Trinajstić information content (AvgIpc) is 3.53. The van der Waals surface area contributed by atoms with Gasteiger partial charge in [0.15, 0.2) is 9.84 Å². The van der Waals surface area contributed by atoms with Crippen molar-refractivity contribution in [1.82, 2.24) is 15.0 Å². The van der Waals surface area contributed by atoms with Crippen LogP contribution in [-0.4, -0.2) is 52.5 Å². The summed E-state index contributed by atoms with van der Waals surface area (Å²) in [4.78, 5) is 15.8. The van der Waals surface area contributed by atoms with Gasteiger partial charge in [-0.3, -0.25) is 4.98 Å². The summed E-state index contributed by atoms with van der Waals surface area (Å²) in [7, 11) is -3.48. The Bertz CT molecular complexity index is 1330. The lowest BCUT2D eigenvalue weighted by Gasteiger charge is -2.19. The maximum atomic E-state index is 12.7. The molecule has 3 heterocycles. The van der Waals surface area contributed by atoms with Gasteiger partial charge in [0.25, 0.3) is 0 Å². The number of aromatic nitrogens is 3. The molecule has 2 aromatic heterocycles. The Morgan fingerprint density at radius 1 is 1.09 bits per heavy atom. The average molecular weight is 481 g/mol. The van der Waals surface area contributed by atoms with E-state index in [1.54, 1.807) is 50.6 Å².